The predicted octanol–water partition coefficient (Wildman–Crippen LogP) is 1.86. The Balaban J connectivity index is 2.04. The van der Waals surface area contributed by atoms with Gasteiger partial charge in [-0.2, -0.15) is 0 Å². The Morgan fingerprint density at radius 3 is 3.14 bits per heavy atom. The fourth-order valence-corrected chi connectivity index (χ4v) is 2.39. The third-order valence-electron chi connectivity index (χ3n) is 2.47. The molecule has 5 heteroatoms. The van der Waals surface area contributed by atoms with Crippen molar-refractivity contribution in [3.8, 4) is 0 Å². The van der Waals surface area contributed by atoms with Crippen LogP contribution in [0.3, 0.4) is 0 Å². The van der Waals surface area contributed by atoms with Gasteiger partial charge in [0.15, 0.2) is 0 Å². The summed E-state index contributed by atoms with van der Waals surface area (Å²) in [6.07, 6.45) is 5.99. The highest BCUT2D eigenvalue weighted by atomic mass is 127. The van der Waals surface area contributed by atoms with Crippen molar-refractivity contribution in [2.45, 2.75) is 31.5 Å². The van der Waals surface area contributed by atoms with Crippen LogP contribution in [-0.4, -0.2) is 25.5 Å². The SMILES string of the molecule is Cn1cc(C2CCCC(CI)O2)nn1. The van der Waals surface area contributed by atoms with Crippen LogP contribution < -0.4 is 0 Å². The van der Waals surface area contributed by atoms with Crippen molar-refractivity contribution in [1.82, 2.24) is 15.0 Å². The van der Waals surface area contributed by atoms with E-state index < -0.39 is 0 Å². The molecule has 0 saturated carbocycles. The maximum absolute atomic E-state index is 5.91. The number of rotatable bonds is 2. The van der Waals surface area contributed by atoms with Gasteiger partial charge in [-0.05, 0) is 19.3 Å². The fourth-order valence-electron chi connectivity index (χ4n) is 1.74. The van der Waals surface area contributed by atoms with Crippen LogP contribution in [-0.2, 0) is 11.8 Å². The molecule has 2 heterocycles. The predicted molar refractivity (Wildman–Crippen MR) is 61.4 cm³/mol. The zero-order valence-corrected chi connectivity index (χ0v) is 10.3. The van der Waals surface area contributed by atoms with Gasteiger partial charge in [0.1, 0.15) is 11.8 Å². The quantitative estimate of drug-likeness (QED) is 0.618. The molecule has 0 spiro atoms. The first-order valence-electron chi connectivity index (χ1n) is 4.87. The highest BCUT2D eigenvalue weighted by molar-refractivity contribution is 14.1. The van der Waals surface area contributed by atoms with E-state index in [9.17, 15) is 0 Å². The van der Waals surface area contributed by atoms with Crippen LogP contribution >= 0.6 is 22.6 Å². The van der Waals surface area contributed by atoms with Gasteiger partial charge in [0.2, 0.25) is 0 Å². The van der Waals surface area contributed by atoms with E-state index in [0.29, 0.717) is 6.10 Å². The van der Waals surface area contributed by atoms with Crippen molar-refractivity contribution in [3.63, 3.8) is 0 Å². The second-order valence-electron chi connectivity index (χ2n) is 3.65. The molecule has 1 aliphatic heterocycles. The molecule has 0 bridgehead atoms. The van der Waals surface area contributed by atoms with Crippen molar-refractivity contribution in [3.05, 3.63) is 11.9 Å². The molecule has 1 aromatic heterocycles. The second kappa shape index (κ2) is 4.57. The van der Waals surface area contributed by atoms with Crippen molar-refractivity contribution in [1.29, 1.82) is 0 Å². The first-order valence-corrected chi connectivity index (χ1v) is 6.40. The molecule has 78 valence electrons. The monoisotopic (exact) mass is 307 g/mol. The van der Waals surface area contributed by atoms with Crippen LogP contribution in [0.15, 0.2) is 6.20 Å². The average molecular weight is 307 g/mol. The third kappa shape index (κ3) is 2.25. The highest BCUT2D eigenvalue weighted by Crippen LogP contribution is 2.30. The Bertz CT molecular complexity index is 302. The summed E-state index contributed by atoms with van der Waals surface area (Å²) in [5.74, 6) is 0. The molecule has 4 nitrogen and oxygen atoms in total. The van der Waals surface area contributed by atoms with E-state index >= 15 is 0 Å². The van der Waals surface area contributed by atoms with Gasteiger partial charge in [-0.25, -0.2) is 0 Å². The number of nitrogens with zero attached hydrogens (tertiary/aromatic N) is 3. The molecule has 0 amide bonds. The molecule has 0 aromatic carbocycles. The maximum atomic E-state index is 5.91. The summed E-state index contributed by atoms with van der Waals surface area (Å²) in [5, 5.41) is 8.02. The zero-order valence-electron chi connectivity index (χ0n) is 8.19. The number of aromatic nitrogens is 3. The number of halogens is 1. The summed E-state index contributed by atoms with van der Waals surface area (Å²) >= 11 is 2.38. The first-order chi connectivity index (χ1) is 6.79. The normalized spacial score (nSPS) is 27.9. The summed E-state index contributed by atoms with van der Waals surface area (Å²) in [5.41, 5.74) is 0.974. The molecule has 1 aliphatic rings. The minimum Gasteiger partial charge on any atom is -0.368 e. The molecule has 0 N–H and O–H groups in total. The van der Waals surface area contributed by atoms with Gasteiger partial charge in [0, 0.05) is 11.5 Å². The number of hydrogen-bond acceptors (Lipinski definition) is 3. The molecule has 2 atom stereocenters. The van der Waals surface area contributed by atoms with Crippen LogP contribution in [0.1, 0.15) is 31.1 Å². The van der Waals surface area contributed by atoms with Gasteiger partial charge in [0.05, 0.1) is 12.3 Å². The smallest absolute Gasteiger partial charge is 0.111 e. The van der Waals surface area contributed by atoms with Crippen molar-refractivity contribution in [2.75, 3.05) is 4.43 Å². The van der Waals surface area contributed by atoms with Gasteiger partial charge in [-0.15, -0.1) is 5.10 Å². The molecule has 2 unspecified atom stereocenters. The van der Waals surface area contributed by atoms with Crippen LogP contribution in [0, 0.1) is 0 Å². The molecule has 14 heavy (non-hydrogen) atoms. The van der Waals surface area contributed by atoms with E-state index in [1.807, 2.05) is 13.2 Å². The summed E-state index contributed by atoms with van der Waals surface area (Å²) in [6, 6.07) is 0. The Kier molecular flexibility index (Phi) is 3.38. The van der Waals surface area contributed by atoms with E-state index in [1.54, 1.807) is 4.68 Å². The average Bonchev–Trinajstić information content (AvgIpc) is 2.65. The van der Waals surface area contributed by atoms with Crippen molar-refractivity contribution >= 4 is 22.6 Å². The lowest BCUT2D eigenvalue weighted by Gasteiger charge is -2.27. The number of aryl methyl sites for hydroxylation is 1. The summed E-state index contributed by atoms with van der Waals surface area (Å²) in [7, 11) is 1.88. The van der Waals surface area contributed by atoms with Gasteiger partial charge < -0.3 is 4.74 Å². The maximum Gasteiger partial charge on any atom is 0.111 e. The fraction of sp³-hybridized carbons (Fsp3) is 0.778. The molecular formula is C9H14IN3O. The molecule has 0 radical (unpaired) electrons. The van der Waals surface area contributed by atoms with Crippen molar-refractivity contribution < 1.29 is 4.74 Å². The summed E-state index contributed by atoms with van der Waals surface area (Å²) in [6.45, 7) is 0. The standard InChI is InChI=1S/C9H14IN3O/c1-13-6-8(11-12-13)9-4-2-3-7(5-10)14-9/h6-7,9H,2-5H2,1H3. The first kappa shape index (κ1) is 10.4. The lowest BCUT2D eigenvalue weighted by atomic mass is 10.0. The molecule has 1 aromatic rings. The van der Waals surface area contributed by atoms with Gasteiger partial charge in [-0.1, -0.05) is 27.8 Å². The van der Waals surface area contributed by atoms with E-state index in [1.165, 1.54) is 12.8 Å². The molecule has 2 rings (SSSR count). The van der Waals surface area contributed by atoms with Crippen LogP contribution in [0.2, 0.25) is 0 Å². The van der Waals surface area contributed by atoms with Gasteiger partial charge in [-0.3, -0.25) is 4.68 Å². The Hall–Kier alpha value is -0.170. The number of hydrogen-bond donors (Lipinski definition) is 0. The van der Waals surface area contributed by atoms with Crippen molar-refractivity contribution in [2.24, 2.45) is 7.05 Å². The Morgan fingerprint density at radius 1 is 1.64 bits per heavy atom. The number of alkyl halides is 1. The highest BCUT2D eigenvalue weighted by Gasteiger charge is 2.24. The van der Waals surface area contributed by atoms with Gasteiger partial charge >= 0.3 is 0 Å². The molecular weight excluding hydrogens is 293 g/mol. The minimum atomic E-state index is 0.164. The third-order valence-corrected chi connectivity index (χ3v) is 3.45. The van der Waals surface area contributed by atoms with Crippen LogP contribution in [0.4, 0.5) is 0 Å². The topological polar surface area (TPSA) is 39.9 Å². The van der Waals surface area contributed by atoms with Gasteiger partial charge in [0.25, 0.3) is 0 Å². The van der Waals surface area contributed by atoms with Crippen LogP contribution in [0.25, 0.3) is 0 Å². The summed E-state index contributed by atoms with van der Waals surface area (Å²) in [4.78, 5) is 0. The second-order valence-corrected chi connectivity index (χ2v) is 4.53. The summed E-state index contributed by atoms with van der Waals surface area (Å²) < 4.78 is 8.70. The Labute approximate surface area is 97.2 Å². The van der Waals surface area contributed by atoms with E-state index in [0.717, 1.165) is 16.5 Å². The van der Waals surface area contributed by atoms with E-state index in [-0.39, 0.29) is 6.10 Å². The molecule has 1 fully saturated rings. The van der Waals surface area contributed by atoms with E-state index in [2.05, 4.69) is 32.9 Å². The van der Waals surface area contributed by atoms with E-state index in [4.69, 9.17) is 4.74 Å². The minimum absolute atomic E-state index is 0.164. The molecule has 1 saturated heterocycles. The lowest BCUT2D eigenvalue weighted by molar-refractivity contribution is -0.0397. The largest absolute Gasteiger partial charge is 0.368 e. The number of ether oxygens (including phenoxy) is 1. The van der Waals surface area contributed by atoms with Crippen LogP contribution in [0.5, 0.6) is 0 Å². The molecule has 0 aliphatic carbocycles. The zero-order chi connectivity index (χ0) is 9.97. The Morgan fingerprint density at radius 2 is 2.50 bits per heavy atom. The lowest BCUT2D eigenvalue weighted by Crippen LogP contribution is -2.23.